The summed E-state index contributed by atoms with van der Waals surface area (Å²) in [6, 6.07) is 0. The monoisotopic (exact) mass is 287 g/mol. The molecule has 0 aliphatic rings. The smallest absolute Gasteiger partial charge is 0.269 e. The van der Waals surface area contributed by atoms with Gasteiger partial charge in [0.2, 0.25) is 0 Å². The molecule has 0 amide bonds. The molecule has 2 rings (SSSR count). The number of nitrogens with one attached hydrogen (secondary N) is 1. The molecule has 0 bridgehead atoms. The maximum atomic E-state index is 12.2. The van der Waals surface area contributed by atoms with Gasteiger partial charge in [0.05, 0.1) is 5.69 Å². The highest BCUT2D eigenvalue weighted by Crippen LogP contribution is 2.25. The van der Waals surface area contributed by atoms with E-state index in [9.17, 15) is 8.42 Å². The van der Waals surface area contributed by atoms with Crippen LogP contribution >= 0.6 is 11.3 Å². The summed E-state index contributed by atoms with van der Waals surface area (Å²) in [7, 11) is -2.11. The van der Waals surface area contributed by atoms with Crippen molar-refractivity contribution in [2.45, 2.75) is 18.7 Å². The third kappa shape index (κ3) is 2.18. The molecule has 0 aromatic carbocycles. The second-order valence-corrected chi connectivity index (χ2v) is 6.66. The molecule has 2 heterocycles. The number of nitrogens with two attached hydrogens (primary N) is 1. The molecule has 0 atom stereocenters. The molecule has 7 nitrogen and oxygen atoms in total. The van der Waals surface area contributed by atoms with Crippen molar-refractivity contribution in [3.63, 3.8) is 0 Å². The Morgan fingerprint density at radius 2 is 2.11 bits per heavy atom. The third-order valence-corrected chi connectivity index (χ3v) is 4.88. The van der Waals surface area contributed by atoms with Crippen LogP contribution in [0.1, 0.15) is 10.6 Å². The normalized spacial score (nSPS) is 11.7. The van der Waals surface area contributed by atoms with Crippen molar-refractivity contribution in [2.24, 2.45) is 7.05 Å². The lowest BCUT2D eigenvalue weighted by Crippen LogP contribution is -2.15. The van der Waals surface area contributed by atoms with E-state index in [-0.39, 0.29) is 10.7 Å². The molecule has 0 saturated carbocycles. The Morgan fingerprint density at radius 3 is 2.56 bits per heavy atom. The van der Waals surface area contributed by atoms with Crippen LogP contribution in [0.5, 0.6) is 0 Å². The molecule has 0 unspecified atom stereocenters. The summed E-state index contributed by atoms with van der Waals surface area (Å²) in [4.78, 5) is 4.87. The number of rotatable bonds is 3. The molecule has 18 heavy (non-hydrogen) atoms. The maximum absolute atomic E-state index is 12.2. The average molecular weight is 287 g/mol. The molecule has 0 fully saturated rings. The Labute approximate surface area is 109 Å². The van der Waals surface area contributed by atoms with Crippen molar-refractivity contribution in [1.82, 2.24) is 14.8 Å². The highest BCUT2D eigenvalue weighted by Gasteiger charge is 2.25. The Hall–Kier alpha value is -1.61. The molecule has 9 heteroatoms. The first-order valence-electron chi connectivity index (χ1n) is 5.05. The van der Waals surface area contributed by atoms with Gasteiger partial charge in [-0.3, -0.25) is 9.40 Å². The molecule has 0 aliphatic heterocycles. The number of aryl methyl sites for hydroxylation is 2. The zero-order valence-corrected chi connectivity index (χ0v) is 11.8. The minimum absolute atomic E-state index is 0.00199. The average Bonchev–Trinajstić information content (AvgIpc) is 2.72. The summed E-state index contributed by atoms with van der Waals surface area (Å²) < 4.78 is 28.2. The Morgan fingerprint density at radius 1 is 1.44 bits per heavy atom. The predicted molar refractivity (Wildman–Crippen MR) is 70.0 cm³/mol. The minimum atomic E-state index is -3.75. The van der Waals surface area contributed by atoms with Gasteiger partial charge >= 0.3 is 0 Å². The number of anilines is 2. The minimum Gasteiger partial charge on any atom is -0.381 e. The van der Waals surface area contributed by atoms with Crippen molar-refractivity contribution in [2.75, 3.05) is 10.5 Å². The number of sulfonamides is 1. The van der Waals surface area contributed by atoms with Gasteiger partial charge in [0.1, 0.15) is 0 Å². The molecular weight excluding hydrogens is 274 g/mol. The molecule has 2 aromatic heterocycles. The molecule has 2 aromatic rings. The number of hydrogen-bond acceptors (Lipinski definition) is 6. The first-order chi connectivity index (χ1) is 8.31. The second-order valence-electron chi connectivity index (χ2n) is 3.80. The fourth-order valence-corrected chi connectivity index (χ4v) is 3.75. The van der Waals surface area contributed by atoms with Crippen LogP contribution in [0.2, 0.25) is 0 Å². The fourth-order valence-electron chi connectivity index (χ4n) is 1.51. The van der Waals surface area contributed by atoms with E-state index in [1.54, 1.807) is 20.2 Å². The fraction of sp³-hybridized carbons (Fsp3) is 0.333. The van der Waals surface area contributed by atoms with Gasteiger partial charge in [-0.25, -0.2) is 13.4 Å². The summed E-state index contributed by atoms with van der Waals surface area (Å²) in [5, 5.41) is 4.20. The topological polar surface area (TPSA) is 103 Å². The van der Waals surface area contributed by atoms with Gasteiger partial charge in [0, 0.05) is 18.1 Å². The summed E-state index contributed by atoms with van der Waals surface area (Å²) >= 11 is 1.26. The van der Waals surface area contributed by atoms with Crippen LogP contribution in [0.25, 0.3) is 0 Å². The van der Waals surface area contributed by atoms with Crippen LogP contribution in [-0.2, 0) is 17.1 Å². The Kier molecular flexibility index (Phi) is 3.03. The van der Waals surface area contributed by atoms with E-state index in [4.69, 9.17) is 5.73 Å². The van der Waals surface area contributed by atoms with E-state index in [1.165, 1.54) is 16.0 Å². The van der Waals surface area contributed by atoms with Crippen molar-refractivity contribution in [3.8, 4) is 0 Å². The van der Waals surface area contributed by atoms with Gasteiger partial charge < -0.3 is 5.73 Å². The second kappa shape index (κ2) is 4.25. The number of nitrogens with zero attached hydrogens (tertiary/aromatic N) is 3. The predicted octanol–water partition coefficient (Wildman–Crippen LogP) is 0.876. The quantitative estimate of drug-likeness (QED) is 0.872. The summed E-state index contributed by atoms with van der Waals surface area (Å²) in [5.74, 6) is -0.0178. The van der Waals surface area contributed by atoms with Gasteiger partial charge in [0.15, 0.2) is 15.8 Å². The SMILES string of the molecule is Cc1cnc(NS(=O)(=O)c2c(N)nn(C)c2C)s1. The lowest BCUT2D eigenvalue weighted by atomic mass is 10.5. The zero-order chi connectivity index (χ0) is 13.5. The van der Waals surface area contributed by atoms with E-state index < -0.39 is 10.0 Å². The van der Waals surface area contributed by atoms with E-state index >= 15 is 0 Å². The highest BCUT2D eigenvalue weighted by molar-refractivity contribution is 7.93. The molecule has 98 valence electrons. The number of aromatic nitrogens is 3. The number of nitrogen functional groups attached to an aromatic ring is 1. The van der Waals surface area contributed by atoms with Crippen LogP contribution in [-0.4, -0.2) is 23.2 Å². The standard InChI is InChI=1S/C9H13N5O2S2/c1-5-4-11-9(17-5)13-18(15,16)7-6(2)14(3)12-8(7)10/h4H,1-3H3,(H2,10,12)(H,11,13). The van der Waals surface area contributed by atoms with Crippen molar-refractivity contribution < 1.29 is 8.42 Å². The third-order valence-electron chi connectivity index (χ3n) is 2.42. The van der Waals surface area contributed by atoms with Crippen LogP contribution in [0.15, 0.2) is 11.1 Å². The molecule has 0 spiro atoms. The largest absolute Gasteiger partial charge is 0.381 e. The lowest BCUT2D eigenvalue weighted by molar-refractivity contribution is 0.600. The molecular formula is C9H13N5O2S2. The molecule has 3 N–H and O–H groups in total. The van der Waals surface area contributed by atoms with E-state index in [1.807, 2.05) is 6.92 Å². The van der Waals surface area contributed by atoms with Crippen LogP contribution in [0.4, 0.5) is 10.9 Å². The van der Waals surface area contributed by atoms with Crippen LogP contribution in [0, 0.1) is 13.8 Å². The highest BCUT2D eigenvalue weighted by atomic mass is 32.2. The summed E-state index contributed by atoms with van der Waals surface area (Å²) in [6.45, 7) is 3.49. The Bertz CT molecular complexity index is 686. The van der Waals surface area contributed by atoms with Gasteiger partial charge in [-0.15, -0.1) is 11.3 Å². The van der Waals surface area contributed by atoms with Gasteiger partial charge in [0.25, 0.3) is 10.0 Å². The van der Waals surface area contributed by atoms with E-state index in [2.05, 4.69) is 14.8 Å². The molecule has 0 radical (unpaired) electrons. The van der Waals surface area contributed by atoms with E-state index in [0.717, 1.165) is 4.88 Å². The first-order valence-corrected chi connectivity index (χ1v) is 7.35. The van der Waals surface area contributed by atoms with Crippen LogP contribution in [0.3, 0.4) is 0 Å². The number of hydrogen-bond donors (Lipinski definition) is 2. The van der Waals surface area contributed by atoms with Gasteiger partial charge in [-0.05, 0) is 13.8 Å². The number of thiazole rings is 1. The summed E-state index contributed by atoms with van der Waals surface area (Å²) in [5.41, 5.74) is 6.10. The van der Waals surface area contributed by atoms with Crippen molar-refractivity contribution in [3.05, 3.63) is 16.8 Å². The van der Waals surface area contributed by atoms with Crippen molar-refractivity contribution >= 4 is 32.3 Å². The molecule has 0 saturated heterocycles. The first kappa shape index (κ1) is 12.8. The lowest BCUT2D eigenvalue weighted by Gasteiger charge is -2.04. The van der Waals surface area contributed by atoms with Crippen molar-refractivity contribution in [1.29, 1.82) is 0 Å². The van der Waals surface area contributed by atoms with Gasteiger partial charge in [-0.1, -0.05) is 0 Å². The zero-order valence-electron chi connectivity index (χ0n) is 10.1. The maximum Gasteiger partial charge on any atom is 0.269 e. The molecule has 0 aliphatic carbocycles. The Balaban J connectivity index is 2.43. The summed E-state index contributed by atoms with van der Waals surface area (Å²) in [6.07, 6.45) is 1.60. The van der Waals surface area contributed by atoms with Crippen LogP contribution < -0.4 is 10.5 Å². The van der Waals surface area contributed by atoms with Gasteiger partial charge in [-0.2, -0.15) is 5.10 Å². The van der Waals surface area contributed by atoms with E-state index in [0.29, 0.717) is 10.8 Å².